The molecule has 0 atom stereocenters. The van der Waals surface area contributed by atoms with E-state index >= 15 is 0 Å². The van der Waals surface area contributed by atoms with Gasteiger partial charge in [0.25, 0.3) is 0 Å². The lowest BCUT2D eigenvalue weighted by atomic mass is 9.93. The van der Waals surface area contributed by atoms with Gasteiger partial charge < -0.3 is 0 Å². The standard InChI is InChI=1S/C21H17F13P/c1-35(14-8-4-2-5-9-14,15-10-6-3-7-11-15)13-12-16(22,23)17(24,25)18(26,27)19(28,29)20(30,31)21(32,33)34/h2-11H,12-13H2,1H3/q+1. The SMILES string of the molecule is C[P+](CCC(F)(F)C(F)(F)C(F)(F)C(F)(F)C(F)(F)C(F)(F)F)(c1ccccc1)c1ccccc1. The second-order valence-electron chi connectivity index (χ2n) is 7.84. The Bertz CT molecular complexity index is 946. The number of alkyl halides is 13. The molecule has 0 aliphatic carbocycles. The van der Waals surface area contributed by atoms with Crippen LogP contribution in [0.15, 0.2) is 60.7 Å². The quantitative estimate of drug-likeness (QED) is 0.227. The van der Waals surface area contributed by atoms with Gasteiger partial charge in [-0.15, -0.1) is 0 Å². The maximum atomic E-state index is 14.4. The van der Waals surface area contributed by atoms with E-state index in [1.807, 2.05) is 0 Å². The molecule has 2 aromatic carbocycles. The molecule has 0 amide bonds. The maximum Gasteiger partial charge on any atom is 0.460 e. The van der Waals surface area contributed by atoms with E-state index in [0.29, 0.717) is 10.6 Å². The highest BCUT2D eigenvalue weighted by atomic mass is 31.2. The van der Waals surface area contributed by atoms with E-state index in [1.165, 1.54) is 67.3 Å². The van der Waals surface area contributed by atoms with Crippen molar-refractivity contribution in [1.82, 2.24) is 0 Å². The van der Waals surface area contributed by atoms with Crippen LogP contribution < -0.4 is 10.6 Å². The van der Waals surface area contributed by atoms with Crippen molar-refractivity contribution in [3.63, 3.8) is 0 Å². The number of halogens is 13. The molecule has 0 fully saturated rings. The van der Waals surface area contributed by atoms with Gasteiger partial charge >= 0.3 is 35.8 Å². The minimum Gasteiger partial charge on any atom is -0.199 e. The van der Waals surface area contributed by atoms with Gasteiger partial charge in [0.1, 0.15) is 0 Å². The third-order valence-electron chi connectivity index (χ3n) is 5.52. The molecule has 0 saturated heterocycles. The minimum absolute atomic E-state index is 0.339. The summed E-state index contributed by atoms with van der Waals surface area (Å²) < 4.78 is 174. The molecule has 0 bridgehead atoms. The van der Waals surface area contributed by atoms with E-state index in [9.17, 15) is 57.1 Å². The van der Waals surface area contributed by atoms with Crippen LogP contribution >= 0.6 is 7.26 Å². The van der Waals surface area contributed by atoms with Crippen LogP contribution in [0.25, 0.3) is 0 Å². The molecule has 0 unspecified atom stereocenters. The van der Waals surface area contributed by atoms with Crippen molar-refractivity contribution in [2.45, 2.75) is 42.2 Å². The van der Waals surface area contributed by atoms with Crippen LogP contribution in [-0.4, -0.2) is 48.6 Å². The summed E-state index contributed by atoms with van der Waals surface area (Å²) >= 11 is 0. The monoisotopic (exact) mass is 547 g/mol. The van der Waals surface area contributed by atoms with Gasteiger partial charge in [-0.05, 0) is 24.3 Å². The molecule has 0 aromatic heterocycles. The molecule has 196 valence electrons. The van der Waals surface area contributed by atoms with Crippen LogP contribution in [0.3, 0.4) is 0 Å². The first-order valence-electron chi connectivity index (χ1n) is 9.59. The van der Waals surface area contributed by atoms with Gasteiger partial charge in [0.05, 0.1) is 37.1 Å². The van der Waals surface area contributed by atoms with Crippen molar-refractivity contribution in [3.8, 4) is 0 Å². The lowest BCUT2D eigenvalue weighted by Gasteiger charge is -2.40. The summed E-state index contributed by atoms with van der Waals surface area (Å²) in [7, 11) is -3.07. The normalized spacial score (nSPS) is 14.8. The Morgan fingerprint density at radius 2 is 0.857 bits per heavy atom. The zero-order valence-electron chi connectivity index (χ0n) is 17.5. The first-order chi connectivity index (χ1) is 15.7. The molecule has 0 saturated carbocycles. The number of benzene rings is 2. The molecule has 14 heteroatoms. The number of rotatable bonds is 9. The molecule has 0 radical (unpaired) electrons. The summed E-state index contributed by atoms with van der Waals surface area (Å²) in [5, 5.41) is 0.678. The smallest absolute Gasteiger partial charge is 0.199 e. The molecule has 2 aromatic rings. The molecule has 0 heterocycles. The number of hydrogen-bond acceptors (Lipinski definition) is 0. The average Bonchev–Trinajstić information content (AvgIpc) is 2.77. The molecule has 35 heavy (non-hydrogen) atoms. The van der Waals surface area contributed by atoms with Crippen LogP contribution in [0.4, 0.5) is 57.1 Å². The highest BCUT2D eigenvalue weighted by Gasteiger charge is 2.90. The van der Waals surface area contributed by atoms with Crippen molar-refractivity contribution < 1.29 is 57.1 Å². The number of hydrogen-bond donors (Lipinski definition) is 0. The Morgan fingerprint density at radius 3 is 1.20 bits per heavy atom. The fourth-order valence-electron chi connectivity index (χ4n) is 3.24. The fourth-order valence-corrected chi connectivity index (χ4v) is 6.45. The van der Waals surface area contributed by atoms with Gasteiger partial charge in [-0.3, -0.25) is 0 Å². The Morgan fingerprint density at radius 1 is 0.514 bits per heavy atom. The third kappa shape index (κ3) is 4.72. The first-order valence-corrected chi connectivity index (χ1v) is 12.0. The molecule has 2 rings (SSSR count). The molecule has 0 N–H and O–H groups in total. The first kappa shape index (κ1) is 29.2. The van der Waals surface area contributed by atoms with Crippen molar-refractivity contribution in [2.75, 3.05) is 12.8 Å². The molecular formula is C21H17F13P+. The summed E-state index contributed by atoms with van der Waals surface area (Å²) in [5.41, 5.74) is 0. The largest absolute Gasteiger partial charge is 0.460 e. The summed E-state index contributed by atoms with van der Waals surface area (Å²) in [4.78, 5) is 0. The Kier molecular flexibility index (Phi) is 7.61. The van der Waals surface area contributed by atoms with Crippen LogP contribution in [-0.2, 0) is 0 Å². The molecule has 0 aliphatic heterocycles. The summed E-state index contributed by atoms with van der Waals surface area (Å²) in [6.45, 7) is 1.37. The van der Waals surface area contributed by atoms with E-state index in [4.69, 9.17) is 0 Å². The predicted molar refractivity (Wildman–Crippen MR) is 105 cm³/mol. The lowest BCUT2D eigenvalue weighted by Crippen LogP contribution is -2.70. The highest BCUT2D eigenvalue weighted by molar-refractivity contribution is 7.88. The van der Waals surface area contributed by atoms with Crippen molar-refractivity contribution >= 4 is 17.9 Å². The zero-order valence-corrected chi connectivity index (χ0v) is 18.4. The molecule has 0 nitrogen and oxygen atoms in total. The Balaban J connectivity index is 2.48. The van der Waals surface area contributed by atoms with Crippen LogP contribution in [0, 0.1) is 0 Å². The van der Waals surface area contributed by atoms with Crippen LogP contribution in [0.2, 0.25) is 0 Å². The summed E-state index contributed by atoms with van der Waals surface area (Å²) in [6.07, 6.45) is -10.6. The second kappa shape index (κ2) is 9.12. The van der Waals surface area contributed by atoms with Crippen molar-refractivity contribution in [2.24, 2.45) is 0 Å². The molecule has 0 aliphatic rings. The Hall–Kier alpha value is -2.04. The minimum atomic E-state index is -7.89. The molecular weight excluding hydrogens is 530 g/mol. The predicted octanol–water partition coefficient (Wildman–Crippen LogP) is 7.41. The fraction of sp³-hybridized carbons (Fsp3) is 0.429. The average molecular weight is 547 g/mol. The summed E-state index contributed by atoms with van der Waals surface area (Å²) in [5.74, 6) is -36.7. The van der Waals surface area contributed by atoms with Gasteiger partial charge in [0, 0.05) is 0 Å². The van der Waals surface area contributed by atoms with E-state index in [0.717, 1.165) is 0 Å². The van der Waals surface area contributed by atoms with E-state index in [2.05, 4.69) is 0 Å². The van der Waals surface area contributed by atoms with Gasteiger partial charge in [0.2, 0.25) is 0 Å². The van der Waals surface area contributed by atoms with Crippen molar-refractivity contribution in [3.05, 3.63) is 60.7 Å². The van der Waals surface area contributed by atoms with Crippen LogP contribution in [0.5, 0.6) is 0 Å². The lowest BCUT2D eigenvalue weighted by molar-refractivity contribution is -0.439. The highest BCUT2D eigenvalue weighted by Crippen LogP contribution is 2.62. The van der Waals surface area contributed by atoms with Crippen molar-refractivity contribution in [1.29, 1.82) is 0 Å². The molecule has 0 spiro atoms. The topological polar surface area (TPSA) is 0 Å². The van der Waals surface area contributed by atoms with Gasteiger partial charge in [0.15, 0.2) is 0 Å². The van der Waals surface area contributed by atoms with E-state index in [1.54, 1.807) is 0 Å². The van der Waals surface area contributed by atoms with Gasteiger partial charge in [-0.1, -0.05) is 36.4 Å². The Labute approximate surface area is 191 Å². The van der Waals surface area contributed by atoms with Gasteiger partial charge in [-0.25, -0.2) is 0 Å². The van der Waals surface area contributed by atoms with Crippen LogP contribution in [0.1, 0.15) is 6.42 Å². The maximum absolute atomic E-state index is 14.4. The zero-order chi connectivity index (χ0) is 27.1. The second-order valence-corrected chi connectivity index (χ2v) is 11.7. The summed E-state index contributed by atoms with van der Waals surface area (Å²) in [6, 6.07) is 14.7. The van der Waals surface area contributed by atoms with Gasteiger partial charge in [-0.2, -0.15) is 57.1 Å². The van der Waals surface area contributed by atoms with E-state index in [-0.39, 0.29) is 0 Å². The van der Waals surface area contributed by atoms with E-state index < -0.39 is 55.6 Å². The third-order valence-corrected chi connectivity index (χ3v) is 9.52.